The number of ether oxygens (including phenoxy) is 3. The Morgan fingerprint density at radius 2 is 1.10 bits per heavy atom. The third-order valence-corrected chi connectivity index (χ3v) is 10.7. The molecule has 0 N–H and O–H groups in total. The minimum Gasteiger partial charge on any atom is -0.493 e. The van der Waals surface area contributed by atoms with Crippen molar-refractivity contribution in [1.82, 2.24) is 0 Å². The van der Waals surface area contributed by atoms with Crippen molar-refractivity contribution >= 4 is 0 Å². The molecule has 2 saturated carbocycles. The molecule has 6 rings (SSSR count). The lowest BCUT2D eigenvalue weighted by molar-refractivity contribution is -0.289. The highest BCUT2D eigenvalue weighted by Crippen LogP contribution is 2.46. The molecule has 4 aromatic rings. The molecule has 2 fully saturated rings. The van der Waals surface area contributed by atoms with Crippen LogP contribution in [0, 0.1) is 17.8 Å². The summed E-state index contributed by atoms with van der Waals surface area (Å²) in [6, 6.07) is 32.5. The Balaban J connectivity index is 1.14. The molecule has 6 atom stereocenters. The van der Waals surface area contributed by atoms with E-state index in [2.05, 4.69) is 50.2 Å². The fourth-order valence-corrected chi connectivity index (χ4v) is 7.75. The van der Waals surface area contributed by atoms with Gasteiger partial charge in [-0.25, -0.2) is 0 Å². The normalized spacial score (nSPS) is 20.6. The molecule has 0 amide bonds. The number of fused-ring (bicyclic) bond motifs is 2. The van der Waals surface area contributed by atoms with Gasteiger partial charge in [-0.05, 0) is 133 Å². The maximum Gasteiger partial charge on any atom is 0.403 e. The first kappa shape index (κ1) is 36.6. The molecule has 0 spiro atoms. The highest BCUT2D eigenvalue weighted by molar-refractivity contribution is 5.36. The third kappa shape index (κ3) is 9.60. The summed E-state index contributed by atoms with van der Waals surface area (Å²) >= 11 is 0. The molecule has 0 aromatic heterocycles. The fraction of sp³-hybridized carbons (Fsp3) is 0.429. The van der Waals surface area contributed by atoms with Crippen molar-refractivity contribution in [2.45, 2.75) is 88.6 Å². The lowest BCUT2D eigenvalue weighted by Crippen LogP contribution is -2.40. The molecule has 2 bridgehead atoms. The van der Waals surface area contributed by atoms with Crippen LogP contribution in [0.25, 0.3) is 0 Å². The second-order valence-corrected chi connectivity index (χ2v) is 14.4. The molecule has 0 radical (unpaired) electrons. The Bertz CT molecular complexity index is 1660. The molecule has 0 saturated heterocycles. The summed E-state index contributed by atoms with van der Waals surface area (Å²) < 4.78 is 95.3. The molecule has 4 aromatic carbocycles. The number of rotatable bonds is 14. The number of alkyl halides is 6. The minimum atomic E-state index is -5.45. The molecule has 0 aliphatic heterocycles. The number of hydrogen-bond donors (Lipinski definition) is 0. The van der Waals surface area contributed by atoms with Crippen LogP contribution in [0.5, 0.6) is 23.0 Å². The van der Waals surface area contributed by atoms with Crippen LogP contribution in [-0.2, 0) is 0 Å². The van der Waals surface area contributed by atoms with E-state index in [1.54, 1.807) is 12.1 Å². The summed E-state index contributed by atoms with van der Waals surface area (Å²) in [5.74, 6) is 0.680. The minimum absolute atomic E-state index is 0.0413. The van der Waals surface area contributed by atoms with E-state index in [-0.39, 0.29) is 23.5 Å². The molecule has 6 unspecified atom stereocenters. The summed E-state index contributed by atoms with van der Waals surface area (Å²) in [6.07, 6.45) is -4.00. The molecular weight excluding hydrogens is 666 g/mol. The summed E-state index contributed by atoms with van der Waals surface area (Å²) in [6.45, 7) is 2.76. The summed E-state index contributed by atoms with van der Waals surface area (Å²) in [5, 5.41) is 0. The van der Waals surface area contributed by atoms with Gasteiger partial charge in [0.15, 0.2) is 5.92 Å². The molecule has 2 aliphatic rings. The third-order valence-electron chi connectivity index (χ3n) is 10.7. The number of hydrogen-bond acceptors (Lipinski definition) is 3. The van der Waals surface area contributed by atoms with Crippen LogP contribution in [0.2, 0.25) is 0 Å². The number of para-hydroxylation sites is 1. The SMILES string of the molecule is CC(CC(CC(C)c1ccc(Oc2ccccc2)cc1)c1ccc(OC2CC3CCC2C3)cc1)c1ccc(OCC(C(F)(F)F)C(F)(F)F)cc1. The zero-order valence-corrected chi connectivity index (χ0v) is 28.8. The summed E-state index contributed by atoms with van der Waals surface area (Å²) in [7, 11) is 0. The van der Waals surface area contributed by atoms with Crippen molar-refractivity contribution in [3.05, 3.63) is 120 Å². The van der Waals surface area contributed by atoms with Gasteiger partial charge < -0.3 is 14.2 Å². The average Bonchev–Trinajstić information content (AvgIpc) is 3.72. The highest BCUT2D eigenvalue weighted by Gasteiger charge is 2.57. The lowest BCUT2D eigenvalue weighted by atomic mass is 9.79. The average molecular weight is 711 g/mol. The second kappa shape index (κ2) is 15.6. The van der Waals surface area contributed by atoms with Crippen molar-refractivity contribution in [1.29, 1.82) is 0 Å². The van der Waals surface area contributed by atoms with Gasteiger partial charge in [0, 0.05) is 0 Å². The van der Waals surface area contributed by atoms with Crippen molar-refractivity contribution in [3.8, 4) is 23.0 Å². The van der Waals surface area contributed by atoms with E-state index < -0.39 is 24.9 Å². The Kier molecular flexibility index (Phi) is 11.2. The van der Waals surface area contributed by atoms with E-state index in [9.17, 15) is 26.3 Å². The van der Waals surface area contributed by atoms with Gasteiger partial charge in [-0.3, -0.25) is 0 Å². The van der Waals surface area contributed by atoms with Gasteiger partial charge in [0.2, 0.25) is 0 Å². The topological polar surface area (TPSA) is 27.7 Å². The summed E-state index contributed by atoms with van der Waals surface area (Å²) in [5.41, 5.74) is 3.28. The van der Waals surface area contributed by atoms with Crippen LogP contribution in [0.4, 0.5) is 26.3 Å². The van der Waals surface area contributed by atoms with Crippen LogP contribution in [0.1, 0.15) is 86.8 Å². The van der Waals surface area contributed by atoms with Crippen molar-refractivity contribution < 1.29 is 40.6 Å². The van der Waals surface area contributed by atoms with E-state index in [0.29, 0.717) is 12.0 Å². The van der Waals surface area contributed by atoms with Gasteiger partial charge in [0.1, 0.15) is 35.7 Å². The molecule has 272 valence electrons. The van der Waals surface area contributed by atoms with E-state index in [0.717, 1.165) is 48.0 Å². The van der Waals surface area contributed by atoms with Gasteiger partial charge >= 0.3 is 12.4 Å². The quantitative estimate of drug-likeness (QED) is 0.122. The Hall–Kier alpha value is -4.14. The second-order valence-electron chi connectivity index (χ2n) is 14.4. The molecule has 9 heteroatoms. The highest BCUT2D eigenvalue weighted by atomic mass is 19.4. The first-order chi connectivity index (χ1) is 24.3. The van der Waals surface area contributed by atoms with E-state index >= 15 is 0 Å². The largest absolute Gasteiger partial charge is 0.493 e. The van der Waals surface area contributed by atoms with Crippen LogP contribution in [0.15, 0.2) is 103 Å². The predicted octanol–water partition coefficient (Wildman–Crippen LogP) is 12.6. The van der Waals surface area contributed by atoms with Crippen molar-refractivity contribution in [3.63, 3.8) is 0 Å². The van der Waals surface area contributed by atoms with E-state index in [1.807, 2.05) is 42.5 Å². The standard InChI is InChI=1S/C42H44F6O3/c1-27(30-10-16-35(17-11-30)49-26-40(41(43,44)45)42(46,47)48)22-34(32-14-20-38(21-15-32)51-39-25-29-8-9-33(39)24-29)23-28(2)31-12-18-37(19-13-31)50-36-6-4-3-5-7-36/h3-7,10-21,27-29,33-34,39-40H,8-9,22-26H2,1-2H3. The van der Waals surface area contributed by atoms with Crippen molar-refractivity contribution in [2.24, 2.45) is 17.8 Å². The van der Waals surface area contributed by atoms with Gasteiger partial charge in [0.25, 0.3) is 0 Å². The summed E-state index contributed by atoms with van der Waals surface area (Å²) in [4.78, 5) is 0. The fourth-order valence-electron chi connectivity index (χ4n) is 7.75. The number of halogens is 6. The van der Waals surface area contributed by atoms with Gasteiger partial charge in [0.05, 0.1) is 0 Å². The van der Waals surface area contributed by atoms with Gasteiger partial charge in [-0.2, -0.15) is 26.3 Å². The van der Waals surface area contributed by atoms with Gasteiger partial charge in [-0.15, -0.1) is 0 Å². The van der Waals surface area contributed by atoms with Gasteiger partial charge in [-0.1, -0.05) is 68.4 Å². The Morgan fingerprint density at radius 1 is 0.588 bits per heavy atom. The zero-order chi connectivity index (χ0) is 36.2. The van der Waals surface area contributed by atoms with Crippen molar-refractivity contribution in [2.75, 3.05) is 6.61 Å². The molecule has 3 nitrogen and oxygen atoms in total. The first-order valence-corrected chi connectivity index (χ1v) is 17.8. The zero-order valence-electron chi connectivity index (χ0n) is 28.8. The maximum atomic E-state index is 13.0. The monoisotopic (exact) mass is 710 g/mol. The Labute approximate surface area is 295 Å². The number of benzene rings is 4. The van der Waals surface area contributed by atoms with E-state index in [4.69, 9.17) is 14.2 Å². The molecular formula is C42H44F6O3. The predicted molar refractivity (Wildman–Crippen MR) is 186 cm³/mol. The smallest absolute Gasteiger partial charge is 0.403 e. The first-order valence-electron chi connectivity index (χ1n) is 17.8. The van der Waals surface area contributed by atoms with Crippen LogP contribution < -0.4 is 14.2 Å². The van der Waals surface area contributed by atoms with Crippen LogP contribution in [0.3, 0.4) is 0 Å². The lowest BCUT2D eigenvalue weighted by Gasteiger charge is -2.26. The maximum absolute atomic E-state index is 13.0. The molecule has 0 heterocycles. The molecule has 2 aliphatic carbocycles. The Morgan fingerprint density at radius 3 is 1.61 bits per heavy atom. The van der Waals surface area contributed by atoms with Crippen LogP contribution >= 0.6 is 0 Å². The van der Waals surface area contributed by atoms with Crippen LogP contribution in [-0.4, -0.2) is 25.1 Å². The molecule has 51 heavy (non-hydrogen) atoms. The van der Waals surface area contributed by atoms with E-state index in [1.165, 1.54) is 42.5 Å².